The third-order valence-corrected chi connectivity index (χ3v) is 3.85. The van der Waals surface area contributed by atoms with E-state index in [-0.39, 0.29) is 11.4 Å². The zero-order valence-electron chi connectivity index (χ0n) is 10.5. The van der Waals surface area contributed by atoms with Gasteiger partial charge in [-0.05, 0) is 38.8 Å². The van der Waals surface area contributed by atoms with Crippen molar-refractivity contribution in [2.45, 2.75) is 37.6 Å². The van der Waals surface area contributed by atoms with Gasteiger partial charge in [-0.3, -0.25) is 4.79 Å². The minimum atomic E-state index is -0.113. The predicted octanol–water partition coefficient (Wildman–Crippen LogP) is 0.553. The van der Waals surface area contributed by atoms with Crippen molar-refractivity contribution in [3.8, 4) is 0 Å². The molecule has 1 aliphatic carbocycles. The molecule has 18 heavy (non-hydrogen) atoms. The summed E-state index contributed by atoms with van der Waals surface area (Å²) < 4.78 is 0. The maximum Gasteiger partial charge on any atom is 0.273 e. The molecule has 0 radical (unpaired) electrons. The molecule has 1 saturated heterocycles. The molecular formula is C12H19N5O. The van der Waals surface area contributed by atoms with Gasteiger partial charge in [0.25, 0.3) is 5.91 Å². The Morgan fingerprint density at radius 1 is 1.39 bits per heavy atom. The highest BCUT2D eigenvalue weighted by Gasteiger charge is 2.45. The highest BCUT2D eigenvalue weighted by Crippen LogP contribution is 2.36. The Balaban J connectivity index is 1.56. The number of aromatic amines is 1. The standard InChI is InChI=1S/C12H19N5O/c18-11(10-8-13-16-15-10)14-12(4-5-12)9-17-6-2-1-3-7-17/h8H,1-7,9H2,(H,14,18)(H,13,15,16). The number of rotatable bonds is 4. The van der Waals surface area contributed by atoms with Gasteiger partial charge < -0.3 is 10.2 Å². The molecule has 0 aromatic carbocycles. The van der Waals surface area contributed by atoms with Gasteiger partial charge in [-0.15, -0.1) is 0 Å². The van der Waals surface area contributed by atoms with E-state index in [0.29, 0.717) is 5.69 Å². The van der Waals surface area contributed by atoms with Gasteiger partial charge in [-0.1, -0.05) is 6.42 Å². The van der Waals surface area contributed by atoms with Crippen molar-refractivity contribution in [3.63, 3.8) is 0 Å². The normalized spacial score (nSPS) is 22.7. The first-order valence-corrected chi connectivity index (χ1v) is 6.68. The van der Waals surface area contributed by atoms with E-state index in [1.165, 1.54) is 38.5 Å². The largest absolute Gasteiger partial charge is 0.344 e. The Bertz CT molecular complexity index is 406. The Morgan fingerprint density at radius 2 is 2.17 bits per heavy atom. The van der Waals surface area contributed by atoms with Crippen LogP contribution in [0.25, 0.3) is 0 Å². The average Bonchev–Trinajstić information content (AvgIpc) is 2.94. The molecule has 2 N–H and O–H groups in total. The number of piperidine rings is 1. The zero-order chi connectivity index (χ0) is 12.4. The maximum atomic E-state index is 12.0. The summed E-state index contributed by atoms with van der Waals surface area (Å²) in [7, 11) is 0. The van der Waals surface area contributed by atoms with E-state index in [2.05, 4.69) is 25.6 Å². The molecular weight excluding hydrogens is 230 g/mol. The zero-order valence-corrected chi connectivity index (χ0v) is 10.5. The van der Waals surface area contributed by atoms with Crippen molar-refractivity contribution >= 4 is 5.91 Å². The van der Waals surface area contributed by atoms with Crippen LogP contribution in [-0.2, 0) is 0 Å². The van der Waals surface area contributed by atoms with Crippen LogP contribution in [0.15, 0.2) is 6.20 Å². The minimum absolute atomic E-state index is 0.00657. The van der Waals surface area contributed by atoms with Gasteiger partial charge in [0.2, 0.25) is 0 Å². The van der Waals surface area contributed by atoms with Crippen molar-refractivity contribution < 1.29 is 4.79 Å². The molecule has 2 heterocycles. The molecule has 1 aromatic heterocycles. The van der Waals surface area contributed by atoms with Crippen molar-refractivity contribution in [2.75, 3.05) is 19.6 Å². The van der Waals surface area contributed by atoms with Gasteiger partial charge in [0, 0.05) is 6.54 Å². The molecule has 2 fully saturated rings. The summed E-state index contributed by atoms with van der Waals surface area (Å²) in [4.78, 5) is 14.4. The van der Waals surface area contributed by atoms with E-state index in [0.717, 1.165) is 19.4 Å². The second-order valence-electron chi connectivity index (χ2n) is 5.43. The summed E-state index contributed by atoms with van der Waals surface area (Å²) in [5, 5.41) is 13.1. The van der Waals surface area contributed by atoms with Crippen LogP contribution in [0.5, 0.6) is 0 Å². The van der Waals surface area contributed by atoms with Crippen LogP contribution >= 0.6 is 0 Å². The molecule has 0 atom stereocenters. The first-order chi connectivity index (χ1) is 8.77. The number of hydrogen-bond acceptors (Lipinski definition) is 4. The number of H-pyrrole nitrogens is 1. The van der Waals surface area contributed by atoms with E-state index in [1.807, 2.05) is 0 Å². The third kappa shape index (κ3) is 2.53. The van der Waals surface area contributed by atoms with Crippen LogP contribution in [0.3, 0.4) is 0 Å². The van der Waals surface area contributed by atoms with Gasteiger partial charge in [0.15, 0.2) is 5.69 Å². The van der Waals surface area contributed by atoms with Crippen LogP contribution in [0.1, 0.15) is 42.6 Å². The second kappa shape index (κ2) is 4.68. The monoisotopic (exact) mass is 249 g/mol. The third-order valence-electron chi connectivity index (χ3n) is 3.85. The van der Waals surface area contributed by atoms with Crippen molar-refractivity contribution in [1.82, 2.24) is 25.6 Å². The number of amides is 1. The first kappa shape index (κ1) is 11.6. The molecule has 6 heteroatoms. The summed E-state index contributed by atoms with van der Waals surface area (Å²) in [6, 6.07) is 0. The van der Waals surface area contributed by atoms with Crippen LogP contribution in [0.2, 0.25) is 0 Å². The second-order valence-corrected chi connectivity index (χ2v) is 5.43. The van der Waals surface area contributed by atoms with E-state index in [1.54, 1.807) is 0 Å². The van der Waals surface area contributed by atoms with E-state index in [4.69, 9.17) is 0 Å². The number of likely N-dealkylation sites (tertiary alicyclic amines) is 1. The number of carbonyl (C=O) groups is 1. The first-order valence-electron chi connectivity index (χ1n) is 6.68. The van der Waals surface area contributed by atoms with E-state index in [9.17, 15) is 4.79 Å². The lowest BCUT2D eigenvalue weighted by molar-refractivity contribution is 0.0906. The smallest absolute Gasteiger partial charge is 0.273 e. The summed E-state index contributed by atoms with van der Waals surface area (Å²) in [5.74, 6) is -0.113. The van der Waals surface area contributed by atoms with Crippen LogP contribution in [0.4, 0.5) is 0 Å². The van der Waals surface area contributed by atoms with Crippen LogP contribution in [0, 0.1) is 0 Å². The molecule has 1 amide bonds. The summed E-state index contributed by atoms with van der Waals surface area (Å²) in [5.41, 5.74) is 0.368. The number of nitrogens with one attached hydrogen (secondary N) is 2. The van der Waals surface area contributed by atoms with E-state index >= 15 is 0 Å². The Morgan fingerprint density at radius 3 is 2.78 bits per heavy atom. The lowest BCUT2D eigenvalue weighted by atomic mass is 10.1. The summed E-state index contributed by atoms with van der Waals surface area (Å²) >= 11 is 0. The molecule has 2 aliphatic rings. The summed E-state index contributed by atoms with van der Waals surface area (Å²) in [6.45, 7) is 3.32. The Kier molecular flexibility index (Phi) is 3.03. The number of hydrogen-bond donors (Lipinski definition) is 2. The highest BCUT2D eigenvalue weighted by atomic mass is 16.2. The predicted molar refractivity (Wildman–Crippen MR) is 66.1 cm³/mol. The van der Waals surface area contributed by atoms with Crippen molar-refractivity contribution in [3.05, 3.63) is 11.9 Å². The van der Waals surface area contributed by atoms with Gasteiger partial charge in [0.05, 0.1) is 11.7 Å². The molecule has 1 saturated carbocycles. The highest BCUT2D eigenvalue weighted by molar-refractivity contribution is 5.92. The fraction of sp³-hybridized carbons (Fsp3) is 0.750. The molecule has 6 nitrogen and oxygen atoms in total. The number of aromatic nitrogens is 3. The lowest BCUT2D eigenvalue weighted by Crippen LogP contribution is -2.47. The van der Waals surface area contributed by atoms with Gasteiger partial charge >= 0.3 is 0 Å². The molecule has 1 aromatic rings. The van der Waals surface area contributed by atoms with Crippen molar-refractivity contribution in [2.24, 2.45) is 0 Å². The number of nitrogens with zero attached hydrogens (tertiary/aromatic N) is 3. The van der Waals surface area contributed by atoms with Gasteiger partial charge in [-0.2, -0.15) is 15.4 Å². The van der Waals surface area contributed by atoms with Crippen LogP contribution in [-0.4, -0.2) is 51.4 Å². The number of carbonyl (C=O) groups excluding carboxylic acids is 1. The Hall–Kier alpha value is -1.43. The fourth-order valence-electron chi connectivity index (χ4n) is 2.63. The molecule has 0 unspecified atom stereocenters. The van der Waals surface area contributed by atoms with Gasteiger partial charge in [0.1, 0.15) is 0 Å². The molecule has 98 valence electrons. The minimum Gasteiger partial charge on any atom is -0.344 e. The van der Waals surface area contributed by atoms with Gasteiger partial charge in [-0.25, -0.2) is 0 Å². The van der Waals surface area contributed by atoms with E-state index < -0.39 is 0 Å². The maximum absolute atomic E-state index is 12.0. The molecule has 3 rings (SSSR count). The SMILES string of the molecule is O=C(NC1(CN2CCCCC2)CC1)c1cn[nH]n1. The molecule has 0 bridgehead atoms. The van der Waals surface area contributed by atoms with Crippen LogP contribution < -0.4 is 5.32 Å². The molecule has 0 spiro atoms. The fourth-order valence-corrected chi connectivity index (χ4v) is 2.63. The topological polar surface area (TPSA) is 73.9 Å². The quantitative estimate of drug-likeness (QED) is 0.817. The lowest BCUT2D eigenvalue weighted by Gasteiger charge is -2.30. The molecule has 1 aliphatic heterocycles. The summed E-state index contributed by atoms with van der Waals surface area (Å²) in [6.07, 6.45) is 7.53. The average molecular weight is 249 g/mol. The van der Waals surface area contributed by atoms with Crippen molar-refractivity contribution in [1.29, 1.82) is 0 Å². The Labute approximate surface area is 106 Å².